The zero-order valence-corrected chi connectivity index (χ0v) is 9.38. The summed E-state index contributed by atoms with van der Waals surface area (Å²) >= 11 is 0. The normalized spacial score (nSPS) is 10.0. The molecular weight excluding hydrogens is 234 g/mol. The standard InChI is InChI=1S/C12H11N3O3/c16-11(15-7-10-2-1-3-14-10)8-4-9(12(17)18)6-13-5-8/h1-6,14H,7H2,(H,15,16)(H,17,18). The molecule has 0 aromatic carbocycles. The number of hydrogen-bond acceptors (Lipinski definition) is 3. The molecule has 2 rings (SSSR count). The van der Waals surface area contributed by atoms with Gasteiger partial charge in [-0.3, -0.25) is 9.78 Å². The smallest absolute Gasteiger partial charge is 0.337 e. The minimum absolute atomic E-state index is 0.0116. The Kier molecular flexibility index (Phi) is 3.38. The summed E-state index contributed by atoms with van der Waals surface area (Å²) in [5, 5.41) is 11.5. The number of rotatable bonds is 4. The van der Waals surface area contributed by atoms with Crippen molar-refractivity contribution in [1.29, 1.82) is 0 Å². The van der Waals surface area contributed by atoms with E-state index in [1.807, 2.05) is 12.1 Å². The van der Waals surface area contributed by atoms with E-state index in [9.17, 15) is 9.59 Å². The third-order valence-electron chi connectivity index (χ3n) is 2.35. The molecule has 0 saturated carbocycles. The number of carbonyl (C=O) groups excluding carboxylic acids is 1. The Morgan fingerprint density at radius 1 is 1.33 bits per heavy atom. The molecular formula is C12H11N3O3. The predicted octanol–water partition coefficient (Wildman–Crippen LogP) is 1.04. The fourth-order valence-electron chi connectivity index (χ4n) is 1.44. The van der Waals surface area contributed by atoms with Crippen molar-refractivity contribution in [2.75, 3.05) is 0 Å². The van der Waals surface area contributed by atoms with Crippen LogP contribution in [0.5, 0.6) is 0 Å². The Morgan fingerprint density at radius 3 is 2.78 bits per heavy atom. The molecule has 0 fully saturated rings. The van der Waals surface area contributed by atoms with Crippen LogP contribution in [0.1, 0.15) is 26.4 Å². The van der Waals surface area contributed by atoms with Crippen molar-refractivity contribution in [2.24, 2.45) is 0 Å². The van der Waals surface area contributed by atoms with E-state index >= 15 is 0 Å². The first kappa shape index (κ1) is 11.8. The first-order valence-corrected chi connectivity index (χ1v) is 5.25. The second kappa shape index (κ2) is 5.13. The van der Waals surface area contributed by atoms with Crippen molar-refractivity contribution in [3.05, 3.63) is 53.6 Å². The van der Waals surface area contributed by atoms with E-state index in [-0.39, 0.29) is 17.0 Å². The Balaban J connectivity index is 2.04. The zero-order valence-electron chi connectivity index (χ0n) is 9.38. The lowest BCUT2D eigenvalue weighted by molar-refractivity contribution is 0.0696. The SMILES string of the molecule is O=C(O)c1cncc(C(=O)NCc2ccc[nH]2)c1. The summed E-state index contributed by atoms with van der Waals surface area (Å²) in [7, 11) is 0. The van der Waals surface area contributed by atoms with E-state index in [1.54, 1.807) is 6.20 Å². The van der Waals surface area contributed by atoms with Gasteiger partial charge in [-0.15, -0.1) is 0 Å². The van der Waals surface area contributed by atoms with Gasteiger partial charge in [0, 0.05) is 24.3 Å². The highest BCUT2D eigenvalue weighted by atomic mass is 16.4. The maximum absolute atomic E-state index is 11.8. The number of nitrogens with one attached hydrogen (secondary N) is 2. The summed E-state index contributed by atoms with van der Waals surface area (Å²) in [6.45, 7) is 0.350. The van der Waals surface area contributed by atoms with Crippen molar-refractivity contribution >= 4 is 11.9 Å². The van der Waals surface area contributed by atoms with Crippen LogP contribution in [-0.2, 0) is 6.54 Å². The van der Waals surface area contributed by atoms with Crippen LogP contribution < -0.4 is 5.32 Å². The number of aromatic amines is 1. The molecule has 0 aliphatic carbocycles. The van der Waals surface area contributed by atoms with E-state index in [2.05, 4.69) is 15.3 Å². The molecule has 92 valence electrons. The minimum Gasteiger partial charge on any atom is -0.478 e. The number of carboxylic acid groups (broad SMARTS) is 1. The second-order valence-corrected chi connectivity index (χ2v) is 3.65. The largest absolute Gasteiger partial charge is 0.478 e. The van der Waals surface area contributed by atoms with Crippen LogP contribution in [0.4, 0.5) is 0 Å². The van der Waals surface area contributed by atoms with E-state index in [0.717, 1.165) is 5.69 Å². The van der Waals surface area contributed by atoms with Crippen molar-refractivity contribution in [2.45, 2.75) is 6.54 Å². The van der Waals surface area contributed by atoms with Crippen LogP contribution in [0, 0.1) is 0 Å². The van der Waals surface area contributed by atoms with Gasteiger partial charge in [0.2, 0.25) is 0 Å². The number of H-pyrrole nitrogens is 1. The van der Waals surface area contributed by atoms with Crippen molar-refractivity contribution < 1.29 is 14.7 Å². The number of aromatic carboxylic acids is 1. The fourth-order valence-corrected chi connectivity index (χ4v) is 1.44. The van der Waals surface area contributed by atoms with Crippen LogP contribution in [-0.4, -0.2) is 27.0 Å². The summed E-state index contributed by atoms with van der Waals surface area (Å²) in [5.41, 5.74) is 1.08. The molecule has 6 heteroatoms. The number of pyridine rings is 1. The van der Waals surface area contributed by atoms with Gasteiger partial charge in [-0.1, -0.05) is 0 Å². The Bertz CT molecular complexity index is 564. The van der Waals surface area contributed by atoms with Gasteiger partial charge in [-0.25, -0.2) is 4.79 Å². The Labute approximate surface area is 103 Å². The van der Waals surface area contributed by atoms with Crippen molar-refractivity contribution in [3.63, 3.8) is 0 Å². The average molecular weight is 245 g/mol. The summed E-state index contributed by atoms with van der Waals surface area (Å²) < 4.78 is 0. The number of aromatic nitrogens is 2. The predicted molar refractivity (Wildman–Crippen MR) is 63.2 cm³/mol. The van der Waals surface area contributed by atoms with Gasteiger partial charge in [0.05, 0.1) is 17.7 Å². The lowest BCUT2D eigenvalue weighted by Gasteiger charge is -2.04. The van der Waals surface area contributed by atoms with Gasteiger partial charge in [0.1, 0.15) is 0 Å². The lowest BCUT2D eigenvalue weighted by atomic mass is 10.2. The van der Waals surface area contributed by atoms with E-state index in [4.69, 9.17) is 5.11 Å². The maximum Gasteiger partial charge on any atom is 0.337 e. The quantitative estimate of drug-likeness (QED) is 0.749. The molecule has 2 aromatic rings. The molecule has 0 aliphatic rings. The monoisotopic (exact) mass is 245 g/mol. The van der Waals surface area contributed by atoms with Crippen molar-refractivity contribution in [3.8, 4) is 0 Å². The number of nitrogens with zero attached hydrogens (tertiary/aromatic N) is 1. The third kappa shape index (κ3) is 2.73. The minimum atomic E-state index is -1.11. The van der Waals surface area contributed by atoms with E-state index < -0.39 is 5.97 Å². The molecule has 0 bridgehead atoms. The second-order valence-electron chi connectivity index (χ2n) is 3.65. The fraction of sp³-hybridized carbons (Fsp3) is 0.0833. The lowest BCUT2D eigenvalue weighted by Crippen LogP contribution is -2.23. The van der Waals surface area contributed by atoms with Gasteiger partial charge >= 0.3 is 5.97 Å². The summed E-state index contributed by atoms with van der Waals surface area (Å²) in [4.78, 5) is 29.2. The molecule has 0 radical (unpaired) electrons. The molecule has 0 atom stereocenters. The first-order valence-electron chi connectivity index (χ1n) is 5.25. The summed E-state index contributed by atoms with van der Waals surface area (Å²) in [5.74, 6) is -1.47. The number of hydrogen-bond donors (Lipinski definition) is 3. The topological polar surface area (TPSA) is 95.1 Å². The number of carboxylic acids is 1. The molecule has 2 heterocycles. The molecule has 0 spiro atoms. The Hall–Kier alpha value is -2.63. The van der Waals surface area contributed by atoms with Crippen molar-refractivity contribution in [1.82, 2.24) is 15.3 Å². The molecule has 18 heavy (non-hydrogen) atoms. The third-order valence-corrected chi connectivity index (χ3v) is 2.35. The highest BCUT2D eigenvalue weighted by Gasteiger charge is 2.10. The van der Waals surface area contributed by atoms with Gasteiger partial charge in [-0.2, -0.15) is 0 Å². The molecule has 1 amide bonds. The van der Waals surface area contributed by atoms with Gasteiger partial charge in [0.15, 0.2) is 0 Å². The zero-order chi connectivity index (χ0) is 13.0. The van der Waals surface area contributed by atoms with Crippen LogP contribution >= 0.6 is 0 Å². The summed E-state index contributed by atoms with van der Waals surface area (Å²) in [6, 6.07) is 4.96. The summed E-state index contributed by atoms with van der Waals surface area (Å²) in [6.07, 6.45) is 4.29. The molecule has 6 nitrogen and oxygen atoms in total. The van der Waals surface area contributed by atoms with Crippen LogP contribution in [0.2, 0.25) is 0 Å². The van der Waals surface area contributed by atoms with E-state index in [1.165, 1.54) is 18.5 Å². The molecule has 2 aromatic heterocycles. The highest BCUT2D eigenvalue weighted by Crippen LogP contribution is 2.03. The molecule has 0 unspecified atom stereocenters. The average Bonchev–Trinajstić information content (AvgIpc) is 2.89. The molecule has 0 aliphatic heterocycles. The number of carbonyl (C=O) groups is 2. The number of amides is 1. The van der Waals surface area contributed by atoms with Crippen LogP contribution in [0.3, 0.4) is 0 Å². The van der Waals surface area contributed by atoms with Crippen LogP contribution in [0.25, 0.3) is 0 Å². The molecule has 0 saturated heterocycles. The van der Waals surface area contributed by atoms with Crippen LogP contribution in [0.15, 0.2) is 36.8 Å². The van der Waals surface area contributed by atoms with E-state index in [0.29, 0.717) is 6.54 Å². The van der Waals surface area contributed by atoms with Gasteiger partial charge in [-0.05, 0) is 18.2 Å². The Morgan fingerprint density at radius 2 is 2.11 bits per heavy atom. The molecule has 3 N–H and O–H groups in total. The van der Waals surface area contributed by atoms with Gasteiger partial charge in [0.25, 0.3) is 5.91 Å². The van der Waals surface area contributed by atoms with Gasteiger partial charge < -0.3 is 15.4 Å². The first-order chi connectivity index (χ1) is 8.66. The highest BCUT2D eigenvalue weighted by molar-refractivity contribution is 5.96. The maximum atomic E-state index is 11.8.